The highest BCUT2D eigenvalue weighted by atomic mass is 16.7. The SMILES string of the molecule is CC(C)COC(=O)C1CCC2(CC1)OCCO2. The summed E-state index contributed by atoms with van der Waals surface area (Å²) in [6, 6.07) is 0. The van der Waals surface area contributed by atoms with Crippen LogP contribution in [0.4, 0.5) is 0 Å². The van der Waals surface area contributed by atoms with Gasteiger partial charge in [0.15, 0.2) is 5.79 Å². The largest absolute Gasteiger partial charge is 0.465 e. The van der Waals surface area contributed by atoms with Crippen molar-refractivity contribution in [3.8, 4) is 0 Å². The number of carbonyl (C=O) groups is 1. The minimum Gasteiger partial charge on any atom is -0.465 e. The zero-order valence-corrected chi connectivity index (χ0v) is 10.7. The van der Waals surface area contributed by atoms with E-state index in [1.165, 1.54) is 0 Å². The zero-order chi connectivity index (χ0) is 12.3. The van der Waals surface area contributed by atoms with Crippen LogP contribution in [0, 0.1) is 11.8 Å². The number of hydrogen-bond donors (Lipinski definition) is 0. The second kappa shape index (κ2) is 5.36. The van der Waals surface area contributed by atoms with Gasteiger partial charge in [0, 0.05) is 12.8 Å². The van der Waals surface area contributed by atoms with Crippen molar-refractivity contribution >= 4 is 5.97 Å². The van der Waals surface area contributed by atoms with Crippen molar-refractivity contribution in [1.82, 2.24) is 0 Å². The molecule has 0 aromatic carbocycles. The molecule has 1 saturated heterocycles. The summed E-state index contributed by atoms with van der Waals surface area (Å²) >= 11 is 0. The Morgan fingerprint density at radius 3 is 2.41 bits per heavy atom. The predicted octanol–water partition coefficient (Wildman–Crippen LogP) is 2.12. The summed E-state index contributed by atoms with van der Waals surface area (Å²) in [7, 11) is 0. The molecule has 1 spiro atoms. The van der Waals surface area contributed by atoms with E-state index in [0.717, 1.165) is 25.7 Å². The van der Waals surface area contributed by atoms with Gasteiger partial charge in [-0.2, -0.15) is 0 Å². The summed E-state index contributed by atoms with van der Waals surface area (Å²) < 4.78 is 16.5. The maximum Gasteiger partial charge on any atom is 0.308 e. The minimum atomic E-state index is -0.380. The highest BCUT2D eigenvalue weighted by molar-refractivity contribution is 5.72. The first kappa shape index (κ1) is 12.8. The van der Waals surface area contributed by atoms with E-state index in [1.807, 2.05) is 13.8 Å². The van der Waals surface area contributed by atoms with Crippen molar-refractivity contribution in [2.45, 2.75) is 45.3 Å². The van der Waals surface area contributed by atoms with Crippen LogP contribution in [-0.4, -0.2) is 31.6 Å². The zero-order valence-electron chi connectivity index (χ0n) is 10.7. The van der Waals surface area contributed by atoms with Crippen LogP contribution >= 0.6 is 0 Å². The summed E-state index contributed by atoms with van der Waals surface area (Å²) in [6.45, 7) is 5.98. The number of rotatable bonds is 3. The van der Waals surface area contributed by atoms with Crippen LogP contribution in [-0.2, 0) is 19.0 Å². The van der Waals surface area contributed by atoms with Crippen molar-refractivity contribution in [1.29, 1.82) is 0 Å². The molecule has 1 aliphatic carbocycles. The molecule has 0 amide bonds. The molecule has 4 heteroatoms. The van der Waals surface area contributed by atoms with E-state index in [4.69, 9.17) is 14.2 Å². The number of hydrogen-bond acceptors (Lipinski definition) is 4. The topological polar surface area (TPSA) is 44.8 Å². The maximum atomic E-state index is 11.8. The quantitative estimate of drug-likeness (QED) is 0.711. The Balaban J connectivity index is 1.76. The van der Waals surface area contributed by atoms with Gasteiger partial charge in [-0.25, -0.2) is 0 Å². The normalized spacial score (nSPS) is 24.4. The van der Waals surface area contributed by atoms with Crippen molar-refractivity contribution in [2.75, 3.05) is 19.8 Å². The molecule has 0 radical (unpaired) electrons. The van der Waals surface area contributed by atoms with E-state index in [2.05, 4.69) is 0 Å². The molecule has 0 bridgehead atoms. The Morgan fingerprint density at radius 1 is 1.29 bits per heavy atom. The third-order valence-corrected chi connectivity index (χ3v) is 3.45. The van der Waals surface area contributed by atoms with Gasteiger partial charge in [0.05, 0.1) is 25.7 Å². The van der Waals surface area contributed by atoms with Crippen LogP contribution in [0.15, 0.2) is 0 Å². The van der Waals surface area contributed by atoms with Gasteiger partial charge in [-0.15, -0.1) is 0 Å². The molecule has 0 atom stereocenters. The predicted molar refractivity (Wildman–Crippen MR) is 62.4 cm³/mol. The Morgan fingerprint density at radius 2 is 1.88 bits per heavy atom. The van der Waals surface area contributed by atoms with Crippen LogP contribution in [0.25, 0.3) is 0 Å². The van der Waals surface area contributed by atoms with Gasteiger partial charge < -0.3 is 14.2 Å². The van der Waals surface area contributed by atoms with E-state index >= 15 is 0 Å². The third-order valence-electron chi connectivity index (χ3n) is 3.45. The molecule has 17 heavy (non-hydrogen) atoms. The fourth-order valence-corrected chi connectivity index (χ4v) is 2.45. The summed E-state index contributed by atoms with van der Waals surface area (Å²) in [6.07, 6.45) is 3.26. The number of esters is 1. The molecule has 1 aliphatic heterocycles. The van der Waals surface area contributed by atoms with Crippen LogP contribution in [0.3, 0.4) is 0 Å². The number of carbonyl (C=O) groups excluding carboxylic acids is 1. The monoisotopic (exact) mass is 242 g/mol. The Labute approximate surface area is 103 Å². The average Bonchev–Trinajstić information content (AvgIpc) is 2.75. The van der Waals surface area contributed by atoms with Gasteiger partial charge in [-0.1, -0.05) is 13.8 Å². The minimum absolute atomic E-state index is 0.0344. The van der Waals surface area contributed by atoms with Crippen LogP contribution in [0.5, 0.6) is 0 Å². The molecule has 1 heterocycles. The molecule has 0 aromatic heterocycles. The molecule has 2 aliphatic rings. The lowest BCUT2D eigenvalue weighted by Gasteiger charge is -2.34. The summed E-state index contributed by atoms with van der Waals surface area (Å²) in [4.78, 5) is 11.8. The van der Waals surface area contributed by atoms with Crippen LogP contribution in [0.2, 0.25) is 0 Å². The van der Waals surface area contributed by atoms with Crippen molar-refractivity contribution in [2.24, 2.45) is 11.8 Å². The molecule has 0 aromatic rings. The first-order valence-electron chi connectivity index (χ1n) is 6.56. The molecule has 0 unspecified atom stereocenters. The van der Waals surface area contributed by atoms with Gasteiger partial charge in [-0.3, -0.25) is 4.79 Å². The van der Waals surface area contributed by atoms with Crippen LogP contribution in [0.1, 0.15) is 39.5 Å². The molecule has 4 nitrogen and oxygen atoms in total. The second-order valence-electron chi connectivity index (χ2n) is 5.41. The number of ether oxygens (including phenoxy) is 3. The van der Waals surface area contributed by atoms with Gasteiger partial charge in [0.1, 0.15) is 0 Å². The highest BCUT2D eigenvalue weighted by Crippen LogP contribution is 2.38. The Hall–Kier alpha value is -0.610. The molecule has 2 fully saturated rings. The van der Waals surface area contributed by atoms with E-state index < -0.39 is 0 Å². The standard InChI is InChI=1S/C13H22O4/c1-10(2)9-15-12(14)11-3-5-13(6-4-11)16-7-8-17-13/h10-11H,3-9H2,1-2H3. The molecule has 2 rings (SSSR count). The fraction of sp³-hybridized carbons (Fsp3) is 0.923. The average molecular weight is 242 g/mol. The first-order valence-corrected chi connectivity index (χ1v) is 6.56. The lowest BCUT2D eigenvalue weighted by molar-refractivity contribution is -0.188. The van der Waals surface area contributed by atoms with Crippen molar-refractivity contribution in [3.05, 3.63) is 0 Å². The molecule has 98 valence electrons. The van der Waals surface area contributed by atoms with Crippen LogP contribution < -0.4 is 0 Å². The van der Waals surface area contributed by atoms with E-state index in [-0.39, 0.29) is 17.7 Å². The maximum absolute atomic E-state index is 11.8. The van der Waals surface area contributed by atoms with Gasteiger partial charge >= 0.3 is 5.97 Å². The Bertz CT molecular complexity index is 259. The van der Waals surface area contributed by atoms with E-state index in [1.54, 1.807) is 0 Å². The fourth-order valence-electron chi connectivity index (χ4n) is 2.45. The highest BCUT2D eigenvalue weighted by Gasteiger charge is 2.42. The Kier molecular flexibility index (Phi) is 4.05. The van der Waals surface area contributed by atoms with E-state index in [9.17, 15) is 4.79 Å². The summed E-state index contributed by atoms with van der Waals surface area (Å²) in [5, 5.41) is 0. The molecular formula is C13H22O4. The third kappa shape index (κ3) is 3.19. The van der Waals surface area contributed by atoms with Gasteiger partial charge in [0.2, 0.25) is 0 Å². The van der Waals surface area contributed by atoms with Crippen molar-refractivity contribution < 1.29 is 19.0 Å². The van der Waals surface area contributed by atoms with Gasteiger partial charge in [-0.05, 0) is 18.8 Å². The molecule has 0 N–H and O–H groups in total. The smallest absolute Gasteiger partial charge is 0.308 e. The van der Waals surface area contributed by atoms with Crippen molar-refractivity contribution in [3.63, 3.8) is 0 Å². The van der Waals surface area contributed by atoms with E-state index in [0.29, 0.717) is 25.7 Å². The summed E-state index contributed by atoms with van der Waals surface area (Å²) in [5.74, 6) is 0.00330. The molecular weight excluding hydrogens is 220 g/mol. The lowest BCUT2D eigenvalue weighted by Crippen LogP contribution is -2.37. The second-order valence-corrected chi connectivity index (χ2v) is 5.41. The summed E-state index contributed by atoms with van der Waals surface area (Å²) in [5.41, 5.74) is 0. The lowest BCUT2D eigenvalue weighted by atomic mass is 9.85. The first-order chi connectivity index (χ1) is 8.11. The molecule has 1 saturated carbocycles. The van der Waals surface area contributed by atoms with Gasteiger partial charge in [0.25, 0.3) is 0 Å².